The summed E-state index contributed by atoms with van der Waals surface area (Å²) in [7, 11) is 0. The second-order valence-electron chi connectivity index (χ2n) is 3.55. The number of aliphatic hydroxyl groups excluding tert-OH is 2. The van der Waals surface area contributed by atoms with Crippen LogP contribution in [0.15, 0.2) is 0 Å². The molecule has 1 fully saturated rings. The summed E-state index contributed by atoms with van der Waals surface area (Å²) in [5, 5.41) is 27.7. The van der Waals surface area contributed by atoms with Crippen molar-refractivity contribution in [3.63, 3.8) is 0 Å². The number of carbonyl (C=O) groups is 1. The van der Waals surface area contributed by atoms with E-state index < -0.39 is 23.6 Å². The molecule has 12 heavy (non-hydrogen) atoms. The first-order chi connectivity index (χ1) is 5.49. The number of aliphatic carboxylic acids is 1. The Morgan fingerprint density at radius 2 is 1.75 bits per heavy atom. The van der Waals surface area contributed by atoms with Crippen LogP contribution >= 0.6 is 0 Å². The Morgan fingerprint density at radius 1 is 1.33 bits per heavy atom. The molecule has 0 spiro atoms. The summed E-state index contributed by atoms with van der Waals surface area (Å²) in [6.07, 6.45) is -0.261. The molecule has 1 aliphatic carbocycles. The maximum absolute atomic E-state index is 10.8. The summed E-state index contributed by atoms with van der Waals surface area (Å²) in [5.41, 5.74) is -1.38. The van der Waals surface area contributed by atoms with E-state index >= 15 is 0 Å². The van der Waals surface area contributed by atoms with E-state index in [9.17, 15) is 15.0 Å². The first-order valence-corrected chi connectivity index (χ1v) is 4.09. The monoisotopic (exact) mass is 174 g/mol. The van der Waals surface area contributed by atoms with Gasteiger partial charge in [-0.05, 0) is 26.2 Å². The molecule has 4 nitrogen and oxygen atoms in total. The molecule has 4 heteroatoms. The molecular weight excluding hydrogens is 160 g/mol. The molecule has 0 saturated heterocycles. The Balaban J connectivity index is 2.87. The summed E-state index contributed by atoms with van der Waals surface area (Å²) >= 11 is 0. The minimum Gasteiger partial charge on any atom is -0.481 e. The number of hydrogen-bond donors (Lipinski definition) is 3. The van der Waals surface area contributed by atoms with Crippen molar-refractivity contribution in [2.24, 2.45) is 5.41 Å². The van der Waals surface area contributed by atoms with Crippen LogP contribution in [0.1, 0.15) is 26.2 Å². The summed E-state index contributed by atoms with van der Waals surface area (Å²) in [6, 6.07) is 0. The van der Waals surface area contributed by atoms with Crippen LogP contribution in [-0.4, -0.2) is 33.5 Å². The molecule has 0 aromatic rings. The zero-order chi connectivity index (χ0) is 9.35. The van der Waals surface area contributed by atoms with Crippen LogP contribution in [0.2, 0.25) is 0 Å². The highest BCUT2D eigenvalue weighted by molar-refractivity contribution is 5.76. The average Bonchev–Trinajstić information content (AvgIpc) is 1.99. The molecular formula is C8H14O4. The Kier molecular flexibility index (Phi) is 2.39. The van der Waals surface area contributed by atoms with E-state index in [1.807, 2.05) is 0 Å². The van der Waals surface area contributed by atoms with Crippen LogP contribution in [0, 0.1) is 5.41 Å². The van der Waals surface area contributed by atoms with Crippen LogP contribution in [0.4, 0.5) is 0 Å². The number of carboxylic acids is 1. The third-order valence-electron chi connectivity index (χ3n) is 2.80. The Morgan fingerprint density at radius 3 is 2.00 bits per heavy atom. The fourth-order valence-electron chi connectivity index (χ4n) is 1.61. The summed E-state index contributed by atoms with van der Waals surface area (Å²) in [5.74, 6) is -1.12. The molecule has 1 saturated carbocycles. The van der Waals surface area contributed by atoms with Gasteiger partial charge in [0, 0.05) is 0 Å². The van der Waals surface area contributed by atoms with Gasteiger partial charge < -0.3 is 15.3 Å². The lowest BCUT2D eigenvalue weighted by molar-refractivity contribution is -0.171. The van der Waals surface area contributed by atoms with Crippen molar-refractivity contribution in [1.82, 2.24) is 0 Å². The van der Waals surface area contributed by atoms with Gasteiger partial charge >= 0.3 is 5.97 Å². The van der Waals surface area contributed by atoms with Gasteiger partial charge in [0.2, 0.25) is 0 Å². The summed E-state index contributed by atoms with van der Waals surface area (Å²) in [4.78, 5) is 10.8. The van der Waals surface area contributed by atoms with Gasteiger partial charge in [0.15, 0.2) is 0 Å². The number of aliphatic hydroxyl groups is 2. The normalized spacial score (nSPS) is 42.6. The standard InChI is InChI=1S/C8H14O4/c1-8(7(11)12)5(9)3-2-4-6(8)10/h5-6,9-10H,2-4H2,1H3,(H,11,12). The Bertz CT molecular complexity index is 179. The van der Waals surface area contributed by atoms with Crippen LogP contribution in [0.25, 0.3) is 0 Å². The van der Waals surface area contributed by atoms with E-state index in [2.05, 4.69) is 0 Å². The van der Waals surface area contributed by atoms with Crippen molar-refractivity contribution in [3.8, 4) is 0 Å². The lowest BCUT2D eigenvalue weighted by atomic mass is 9.71. The van der Waals surface area contributed by atoms with Gasteiger partial charge in [0.1, 0.15) is 5.41 Å². The van der Waals surface area contributed by atoms with Crippen LogP contribution in [-0.2, 0) is 4.79 Å². The molecule has 2 unspecified atom stereocenters. The molecule has 3 N–H and O–H groups in total. The van der Waals surface area contributed by atoms with Gasteiger partial charge in [-0.1, -0.05) is 0 Å². The van der Waals surface area contributed by atoms with Crippen molar-refractivity contribution in [3.05, 3.63) is 0 Å². The molecule has 2 atom stereocenters. The van der Waals surface area contributed by atoms with Gasteiger partial charge in [-0.15, -0.1) is 0 Å². The second kappa shape index (κ2) is 3.03. The minimum absolute atomic E-state index is 0.458. The number of hydrogen-bond acceptors (Lipinski definition) is 3. The first kappa shape index (κ1) is 9.48. The topological polar surface area (TPSA) is 77.8 Å². The highest BCUT2D eigenvalue weighted by Crippen LogP contribution is 2.36. The lowest BCUT2D eigenvalue weighted by Gasteiger charge is -2.38. The highest BCUT2D eigenvalue weighted by Gasteiger charge is 2.48. The largest absolute Gasteiger partial charge is 0.481 e. The SMILES string of the molecule is CC1(C(=O)O)C(O)CCCC1O. The predicted octanol–water partition coefficient (Wildman–Crippen LogP) is -0.0170. The zero-order valence-corrected chi connectivity index (χ0v) is 7.03. The van der Waals surface area contributed by atoms with Crippen LogP contribution in [0.3, 0.4) is 0 Å². The van der Waals surface area contributed by atoms with Gasteiger partial charge in [-0.2, -0.15) is 0 Å². The molecule has 0 radical (unpaired) electrons. The maximum atomic E-state index is 10.8. The quantitative estimate of drug-likeness (QED) is 0.522. The van der Waals surface area contributed by atoms with Crippen molar-refractivity contribution in [1.29, 1.82) is 0 Å². The number of carboxylic acid groups (broad SMARTS) is 1. The fourth-order valence-corrected chi connectivity index (χ4v) is 1.61. The van der Waals surface area contributed by atoms with E-state index in [4.69, 9.17) is 5.11 Å². The summed E-state index contributed by atoms with van der Waals surface area (Å²) in [6.45, 7) is 1.39. The van der Waals surface area contributed by atoms with Crippen molar-refractivity contribution < 1.29 is 20.1 Å². The van der Waals surface area contributed by atoms with Crippen LogP contribution < -0.4 is 0 Å². The molecule has 1 rings (SSSR count). The molecule has 0 aromatic heterocycles. The van der Waals surface area contributed by atoms with Crippen molar-refractivity contribution in [2.75, 3.05) is 0 Å². The Hall–Kier alpha value is -0.610. The summed E-state index contributed by atoms with van der Waals surface area (Å²) < 4.78 is 0. The predicted molar refractivity (Wildman–Crippen MR) is 41.6 cm³/mol. The van der Waals surface area contributed by atoms with Gasteiger partial charge in [-0.25, -0.2) is 0 Å². The van der Waals surface area contributed by atoms with Gasteiger partial charge in [0.25, 0.3) is 0 Å². The Labute approximate surface area is 70.8 Å². The minimum atomic E-state index is -1.38. The number of rotatable bonds is 1. The second-order valence-corrected chi connectivity index (χ2v) is 3.55. The maximum Gasteiger partial charge on any atom is 0.314 e. The first-order valence-electron chi connectivity index (χ1n) is 4.09. The van der Waals surface area contributed by atoms with E-state index in [0.717, 1.165) is 0 Å². The third-order valence-corrected chi connectivity index (χ3v) is 2.80. The van der Waals surface area contributed by atoms with Crippen molar-refractivity contribution >= 4 is 5.97 Å². The smallest absolute Gasteiger partial charge is 0.314 e. The molecule has 70 valence electrons. The zero-order valence-electron chi connectivity index (χ0n) is 7.03. The van der Waals surface area contributed by atoms with E-state index in [-0.39, 0.29) is 0 Å². The molecule has 0 aromatic carbocycles. The van der Waals surface area contributed by atoms with Crippen molar-refractivity contribution in [2.45, 2.75) is 38.4 Å². The molecule has 0 aliphatic heterocycles. The molecule has 0 amide bonds. The third kappa shape index (κ3) is 1.21. The molecule has 0 heterocycles. The van der Waals surface area contributed by atoms with E-state index in [1.165, 1.54) is 6.92 Å². The van der Waals surface area contributed by atoms with Crippen LogP contribution in [0.5, 0.6) is 0 Å². The fraction of sp³-hybridized carbons (Fsp3) is 0.875. The lowest BCUT2D eigenvalue weighted by Crippen LogP contribution is -2.51. The molecule has 1 aliphatic rings. The van der Waals surface area contributed by atoms with E-state index in [0.29, 0.717) is 19.3 Å². The highest BCUT2D eigenvalue weighted by atomic mass is 16.4. The molecule has 0 bridgehead atoms. The van der Waals surface area contributed by atoms with Gasteiger partial charge in [0.05, 0.1) is 12.2 Å². The van der Waals surface area contributed by atoms with E-state index in [1.54, 1.807) is 0 Å². The average molecular weight is 174 g/mol. The van der Waals surface area contributed by atoms with Gasteiger partial charge in [-0.3, -0.25) is 4.79 Å².